The van der Waals surface area contributed by atoms with Crippen molar-refractivity contribution in [2.45, 2.75) is 39.0 Å². The second-order valence-electron chi connectivity index (χ2n) is 3.25. The third-order valence-electron chi connectivity index (χ3n) is 2.37. The van der Waals surface area contributed by atoms with Gasteiger partial charge in [-0.1, -0.05) is 25.7 Å². The van der Waals surface area contributed by atoms with E-state index in [0.717, 1.165) is 32.1 Å². The van der Waals surface area contributed by atoms with Gasteiger partial charge in [-0.25, -0.2) is 0 Å². The SMILES string of the molecule is CCC#CC1(C(=O)O)CCCC1. The third-order valence-corrected chi connectivity index (χ3v) is 2.37. The zero-order valence-corrected chi connectivity index (χ0v) is 7.39. The van der Waals surface area contributed by atoms with Crippen LogP contribution in [0.3, 0.4) is 0 Å². The molecule has 66 valence electrons. The summed E-state index contributed by atoms with van der Waals surface area (Å²) in [7, 11) is 0. The van der Waals surface area contributed by atoms with Crippen LogP contribution in [0.1, 0.15) is 39.0 Å². The molecule has 1 fully saturated rings. The van der Waals surface area contributed by atoms with Crippen LogP contribution < -0.4 is 0 Å². The molecule has 0 aromatic heterocycles. The first-order valence-corrected chi connectivity index (χ1v) is 4.45. The number of hydrogen-bond donors (Lipinski definition) is 1. The summed E-state index contributed by atoms with van der Waals surface area (Å²) in [4.78, 5) is 10.9. The molecule has 1 aliphatic carbocycles. The summed E-state index contributed by atoms with van der Waals surface area (Å²) < 4.78 is 0. The van der Waals surface area contributed by atoms with Crippen LogP contribution >= 0.6 is 0 Å². The quantitative estimate of drug-likeness (QED) is 0.605. The van der Waals surface area contributed by atoms with Crippen molar-refractivity contribution in [3.8, 4) is 11.8 Å². The van der Waals surface area contributed by atoms with Crippen LogP contribution in [-0.2, 0) is 4.79 Å². The van der Waals surface area contributed by atoms with Gasteiger partial charge in [0.15, 0.2) is 0 Å². The van der Waals surface area contributed by atoms with E-state index in [1.54, 1.807) is 0 Å². The Balaban J connectivity index is 2.79. The van der Waals surface area contributed by atoms with E-state index in [2.05, 4.69) is 11.8 Å². The fraction of sp³-hybridized carbons (Fsp3) is 0.700. The number of rotatable bonds is 1. The Labute approximate surface area is 73.0 Å². The van der Waals surface area contributed by atoms with Crippen molar-refractivity contribution in [3.05, 3.63) is 0 Å². The van der Waals surface area contributed by atoms with Gasteiger partial charge in [-0.05, 0) is 12.8 Å². The topological polar surface area (TPSA) is 37.3 Å². The minimum absolute atomic E-state index is 0.698. The van der Waals surface area contributed by atoms with Gasteiger partial charge >= 0.3 is 5.97 Å². The van der Waals surface area contributed by atoms with Crippen LogP contribution in [-0.4, -0.2) is 11.1 Å². The highest BCUT2D eigenvalue weighted by molar-refractivity contribution is 5.79. The minimum Gasteiger partial charge on any atom is -0.480 e. The maximum absolute atomic E-state index is 10.9. The second kappa shape index (κ2) is 3.62. The van der Waals surface area contributed by atoms with Crippen molar-refractivity contribution in [1.82, 2.24) is 0 Å². The highest BCUT2D eigenvalue weighted by Crippen LogP contribution is 2.37. The van der Waals surface area contributed by atoms with E-state index in [4.69, 9.17) is 5.11 Å². The van der Waals surface area contributed by atoms with E-state index < -0.39 is 11.4 Å². The van der Waals surface area contributed by atoms with Gasteiger partial charge in [0, 0.05) is 6.42 Å². The number of hydrogen-bond acceptors (Lipinski definition) is 1. The smallest absolute Gasteiger partial charge is 0.321 e. The average Bonchev–Trinajstić information content (AvgIpc) is 2.50. The van der Waals surface area contributed by atoms with Crippen molar-refractivity contribution in [3.63, 3.8) is 0 Å². The molecular weight excluding hydrogens is 152 g/mol. The van der Waals surface area contributed by atoms with Gasteiger partial charge in [-0.15, -0.1) is 5.92 Å². The lowest BCUT2D eigenvalue weighted by Crippen LogP contribution is -2.25. The molecule has 0 aromatic rings. The lowest BCUT2D eigenvalue weighted by Gasteiger charge is -2.15. The molecule has 1 N–H and O–H groups in total. The van der Waals surface area contributed by atoms with E-state index in [1.165, 1.54) is 0 Å². The number of carboxylic acids is 1. The van der Waals surface area contributed by atoms with Crippen LogP contribution in [0, 0.1) is 17.3 Å². The lowest BCUT2D eigenvalue weighted by atomic mass is 9.87. The first-order valence-electron chi connectivity index (χ1n) is 4.45. The molecule has 0 radical (unpaired) electrons. The minimum atomic E-state index is -0.735. The fourth-order valence-electron chi connectivity index (χ4n) is 1.63. The second-order valence-corrected chi connectivity index (χ2v) is 3.25. The van der Waals surface area contributed by atoms with Gasteiger partial charge in [0.1, 0.15) is 5.41 Å². The van der Waals surface area contributed by atoms with Gasteiger partial charge in [0.2, 0.25) is 0 Å². The Bertz CT molecular complexity index is 226. The normalized spacial score (nSPS) is 19.8. The highest BCUT2D eigenvalue weighted by atomic mass is 16.4. The van der Waals surface area contributed by atoms with E-state index in [-0.39, 0.29) is 0 Å². The summed E-state index contributed by atoms with van der Waals surface area (Å²) >= 11 is 0. The van der Waals surface area contributed by atoms with E-state index in [0.29, 0.717) is 0 Å². The van der Waals surface area contributed by atoms with Gasteiger partial charge in [0.05, 0.1) is 0 Å². The predicted octanol–water partition coefficient (Wildman–Crippen LogP) is 2.04. The molecule has 2 heteroatoms. The molecule has 1 saturated carbocycles. The molecule has 0 unspecified atom stereocenters. The zero-order valence-electron chi connectivity index (χ0n) is 7.39. The molecule has 0 heterocycles. The van der Waals surface area contributed by atoms with Crippen LogP contribution in [0.15, 0.2) is 0 Å². The number of carbonyl (C=O) groups is 1. The summed E-state index contributed by atoms with van der Waals surface area (Å²) in [6.07, 6.45) is 4.22. The molecular formula is C10H14O2. The Morgan fingerprint density at radius 3 is 2.50 bits per heavy atom. The van der Waals surface area contributed by atoms with Crippen molar-refractivity contribution >= 4 is 5.97 Å². The van der Waals surface area contributed by atoms with E-state index in [1.807, 2.05) is 6.92 Å². The molecule has 0 amide bonds. The van der Waals surface area contributed by atoms with Crippen molar-refractivity contribution in [2.24, 2.45) is 5.41 Å². The molecule has 0 saturated heterocycles. The maximum Gasteiger partial charge on any atom is 0.321 e. The fourth-order valence-corrected chi connectivity index (χ4v) is 1.63. The summed E-state index contributed by atoms with van der Waals surface area (Å²) in [6, 6.07) is 0. The molecule has 0 spiro atoms. The van der Waals surface area contributed by atoms with Crippen molar-refractivity contribution in [1.29, 1.82) is 0 Å². The Morgan fingerprint density at radius 2 is 2.08 bits per heavy atom. The lowest BCUT2D eigenvalue weighted by molar-refractivity contribution is -0.145. The highest BCUT2D eigenvalue weighted by Gasteiger charge is 2.39. The van der Waals surface area contributed by atoms with Gasteiger partial charge in [-0.2, -0.15) is 0 Å². The molecule has 1 rings (SSSR count). The molecule has 1 aliphatic rings. The molecule has 2 nitrogen and oxygen atoms in total. The molecule has 0 aromatic carbocycles. The standard InChI is InChI=1S/C10H14O2/c1-2-3-6-10(9(11)12)7-4-5-8-10/h2,4-5,7-8H2,1H3,(H,11,12). The maximum atomic E-state index is 10.9. The first kappa shape index (κ1) is 9.12. The first-order chi connectivity index (χ1) is 5.71. The summed E-state index contributed by atoms with van der Waals surface area (Å²) in [5, 5.41) is 8.99. The molecule has 0 aliphatic heterocycles. The number of carboxylic acid groups (broad SMARTS) is 1. The molecule has 0 atom stereocenters. The zero-order chi connectivity index (χ0) is 9.03. The summed E-state index contributed by atoms with van der Waals surface area (Å²) in [5.41, 5.74) is -0.698. The third kappa shape index (κ3) is 1.61. The summed E-state index contributed by atoms with van der Waals surface area (Å²) in [6.45, 7) is 1.94. The predicted molar refractivity (Wildman–Crippen MR) is 46.6 cm³/mol. The van der Waals surface area contributed by atoms with Gasteiger partial charge in [-0.3, -0.25) is 4.79 Å². The number of aliphatic carboxylic acids is 1. The van der Waals surface area contributed by atoms with Crippen molar-refractivity contribution < 1.29 is 9.90 Å². The van der Waals surface area contributed by atoms with Crippen LogP contribution in [0.2, 0.25) is 0 Å². The monoisotopic (exact) mass is 166 g/mol. The Hall–Kier alpha value is -0.970. The average molecular weight is 166 g/mol. The largest absolute Gasteiger partial charge is 0.480 e. The van der Waals surface area contributed by atoms with Gasteiger partial charge < -0.3 is 5.11 Å². The van der Waals surface area contributed by atoms with Crippen LogP contribution in [0.4, 0.5) is 0 Å². The van der Waals surface area contributed by atoms with Crippen molar-refractivity contribution in [2.75, 3.05) is 0 Å². The Kier molecular flexibility index (Phi) is 2.75. The van der Waals surface area contributed by atoms with Gasteiger partial charge in [0.25, 0.3) is 0 Å². The van der Waals surface area contributed by atoms with Crippen LogP contribution in [0.25, 0.3) is 0 Å². The Morgan fingerprint density at radius 1 is 1.50 bits per heavy atom. The molecule has 12 heavy (non-hydrogen) atoms. The summed E-state index contributed by atoms with van der Waals surface area (Å²) in [5.74, 6) is 5.04. The van der Waals surface area contributed by atoms with E-state index in [9.17, 15) is 4.79 Å². The van der Waals surface area contributed by atoms with Crippen LogP contribution in [0.5, 0.6) is 0 Å². The van der Waals surface area contributed by atoms with E-state index >= 15 is 0 Å². The molecule has 0 bridgehead atoms.